The van der Waals surface area contributed by atoms with E-state index in [9.17, 15) is 4.79 Å². The molecule has 1 aromatic rings. The minimum atomic E-state index is -0.632. The number of hydrazine groups is 3. The number of ether oxygens (including phenoxy) is 1. The van der Waals surface area contributed by atoms with Gasteiger partial charge in [-0.25, -0.2) is 14.8 Å². The van der Waals surface area contributed by atoms with Crippen molar-refractivity contribution < 1.29 is 14.2 Å². The highest BCUT2D eigenvalue weighted by Crippen LogP contribution is 2.09. The molecule has 0 amide bonds. The van der Waals surface area contributed by atoms with Crippen LogP contribution in [0.25, 0.3) is 0 Å². The number of carbonyl (C=O) groups excluding carboxylic acids is 1. The van der Waals surface area contributed by atoms with E-state index in [0.717, 1.165) is 0 Å². The van der Waals surface area contributed by atoms with Crippen LogP contribution in [0.1, 0.15) is 10.5 Å². The van der Waals surface area contributed by atoms with Crippen LogP contribution in [0.5, 0.6) is 0 Å². The fourth-order valence-corrected chi connectivity index (χ4v) is 0.827. The number of methoxy groups -OCH3 is 1. The van der Waals surface area contributed by atoms with Gasteiger partial charge in [-0.2, -0.15) is 10.7 Å². The topological polar surface area (TPSA) is 131 Å². The Bertz CT molecular complexity index is 339. The van der Waals surface area contributed by atoms with E-state index >= 15 is 0 Å². The summed E-state index contributed by atoms with van der Waals surface area (Å²) >= 11 is 0. The number of anilines is 1. The van der Waals surface area contributed by atoms with Crippen molar-refractivity contribution in [1.82, 2.24) is 26.4 Å². The number of nitrogens with one attached hydrogen (secondary N) is 3. The maximum absolute atomic E-state index is 11.1. The van der Waals surface area contributed by atoms with Gasteiger partial charge >= 0.3 is 5.97 Å². The van der Waals surface area contributed by atoms with Gasteiger partial charge in [-0.1, -0.05) is 0 Å². The van der Waals surface area contributed by atoms with Gasteiger partial charge in [0.25, 0.3) is 0 Å². The molecule has 0 bridgehead atoms. The van der Waals surface area contributed by atoms with Crippen LogP contribution >= 0.6 is 0 Å². The summed E-state index contributed by atoms with van der Waals surface area (Å²) in [5.74, 6) is 4.81. The third-order valence-corrected chi connectivity index (χ3v) is 1.47. The van der Waals surface area contributed by atoms with E-state index in [1.165, 1.54) is 12.2 Å². The predicted molar refractivity (Wildman–Crippen MR) is 52.3 cm³/mol. The second kappa shape index (κ2) is 5.97. The lowest BCUT2D eigenvalue weighted by atomic mass is 10.4. The van der Waals surface area contributed by atoms with Crippen molar-refractivity contribution in [1.29, 1.82) is 0 Å². The van der Waals surface area contributed by atoms with Gasteiger partial charge in [0.15, 0.2) is 0 Å². The summed E-state index contributed by atoms with van der Waals surface area (Å²) in [5, 5.41) is 10.8. The first-order valence-electron chi connectivity index (χ1n) is 4.26. The number of nitrogens with two attached hydrogens (primary N) is 1. The minimum Gasteiger partial charge on any atom is -0.464 e. The molecule has 0 aliphatic carbocycles. The van der Waals surface area contributed by atoms with Gasteiger partial charge < -0.3 is 10.1 Å². The van der Waals surface area contributed by atoms with E-state index < -0.39 is 5.97 Å². The van der Waals surface area contributed by atoms with Crippen molar-refractivity contribution in [3.05, 3.63) is 5.69 Å². The average Bonchev–Trinajstić information content (AvgIpc) is 2.71. The van der Waals surface area contributed by atoms with Crippen molar-refractivity contribution in [3.63, 3.8) is 0 Å². The van der Waals surface area contributed by atoms with E-state index in [2.05, 4.69) is 36.0 Å². The Morgan fingerprint density at radius 1 is 1.62 bits per heavy atom. The van der Waals surface area contributed by atoms with E-state index in [0.29, 0.717) is 0 Å². The highest BCUT2D eigenvalue weighted by Gasteiger charge is 2.18. The van der Waals surface area contributed by atoms with Gasteiger partial charge in [0.05, 0.1) is 13.8 Å². The van der Waals surface area contributed by atoms with Crippen molar-refractivity contribution in [2.24, 2.45) is 5.84 Å². The van der Waals surface area contributed by atoms with Gasteiger partial charge in [-0.3, -0.25) is 5.84 Å². The summed E-state index contributed by atoms with van der Waals surface area (Å²) in [7, 11) is 2.84. The second-order valence-corrected chi connectivity index (χ2v) is 2.71. The van der Waals surface area contributed by atoms with Crippen LogP contribution < -0.4 is 22.1 Å². The molecule has 0 saturated carbocycles. The Hall–Kier alpha value is -1.75. The molecule has 10 nitrogen and oxygen atoms in total. The quantitative estimate of drug-likeness (QED) is 0.144. The predicted octanol–water partition coefficient (Wildman–Crippen LogP) is -1.96. The molecule has 0 unspecified atom stereocenters. The molecule has 0 aliphatic heterocycles. The third kappa shape index (κ3) is 3.43. The molecular weight excluding hydrogens is 218 g/mol. The Morgan fingerprint density at radius 3 is 3.00 bits per heavy atom. The second-order valence-electron chi connectivity index (χ2n) is 2.71. The molecule has 0 fully saturated rings. The smallest absolute Gasteiger partial charge is 0.364 e. The molecule has 1 rings (SSSR count). The van der Waals surface area contributed by atoms with Crippen LogP contribution in [0, 0.1) is 0 Å². The molecule has 1 aromatic heterocycles. The number of rotatable bonds is 6. The Kier molecular flexibility index (Phi) is 4.60. The highest BCUT2D eigenvalue weighted by atomic mass is 16.6. The standard InChI is InChI=1S/C6H13N7O3/c1-13(7)12-9-3-8-5-4(6(14)15-2)10-16-11-5/h9,12H,3,7H2,1-2H3,(H,8,11). The van der Waals surface area contributed by atoms with Gasteiger partial charge in [0, 0.05) is 7.05 Å². The Morgan fingerprint density at radius 2 is 2.38 bits per heavy atom. The first-order chi connectivity index (χ1) is 7.65. The summed E-state index contributed by atoms with van der Waals surface area (Å²) in [6, 6.07) is 0. The highest BCUT2D eigenvalue weighted by molar-refractivity contribution is 5.91. The molecule has 1 heterocycles. The number of hydrogen-bond donors (Lipinski definition) is 4. The van der Waals surface area contributed by atoms with E-state index in [1.54, 1.807) is 7.05 Å². The van der Waals surface area contributed by atoms with Crippen LogP contribution in [0.3, 0.4) is 0 Å². The molecule has 0 aromatic carbocycles. The first kappa shape index (κ1) is 12.3. The summed E-state index contributed by atoms with van der Waals surface area (Å²) in [4.78, 5) is 11.1. The monoisotopic (exact) mass is 231 g/mol. The van der Waals surface area contributed by atoms with Gasteiger partial charge in [-0.15, -0.1) is 0 Å². The normalized spacial score (nSPS) is 10.5. The van der Waals surface area contributed by atoms with Crippen LogP contribution in [0.2, 0.25) is 0 Å². The van der Waals surface area contributed by atoms with E-state index in [1.807, 2.05) is 0 Å². The van der Waals surface area contributed by atoms with Crippen molar-refractivity contribution >= 4 is 11.8 Å². The average molecular weight is 231 g/mol. The lowest BCUT2D eigenvalue weighted by Gasteiger charge is -2.12. The minimum absolute atomic E-state index is 0.0228. The molecule has 0 spiro atoms. The zero-order valence-corrected chi connectivity index (χ0v) is 8.85. The fraction of sp³-hybridized carbons (Fsp3) is 0.500. The van der Waals surface area contributed by atoms with E-state index in [4.69, 9.17) is 5.84 Å². The largest absolute Gasteiger partial charge is 0.464 e. The number of hydrogen-bond acceptors (Lipinski definition) is 10. The molecule has 10 heteroatoms. The van der Waals surface area contributed by atoms with Gasteiger partial charge in [-0.05, 0) is 10.3 Å². The summed E-state index contributed by atoms with van der Waals surface area (Å²) < 4.78 is 8.87. The van der Waals surface area contributed by atoms with Crippen LogP contribution in [-0.4, -0.2) is 42.2 Å². The summed E-state index contributed by atoms with van der Waals surface area (Å²) in [6.07, 6.45) is 0. The van der Waals surface area contributed by atoms with Crippen LogP contribution in [0.4, 0.5) is 5.82 Å². The summed E-state index contributed by atoms with van der Waals surface area (Å²) in [6.45, 7) is 0.250. The molecule has 90 valence electrons. The van der Waals surface area contributed by atoms with Gasteiger partial charge in [0.2, 0.25) is 11.5 Å². The summed E-state index contributed by atoms with van der Waals surface area (Å²) in [5.41, 5.74) is 5.24. The van der Waals surface area contributed by atoms with Crippen molar-refractivity contribution in [2.45, 2.75) is 0 Å². The van der Waals surface area contributed by atoms with Gasteiger partial charge in [0.1, 0.15) is 0 Å². The lowest BCUT2D eigenvalue weighted by molar-refractivity contribution is 0.0589. The molecule has 0 saturated heterocycles. The molecule has 0 atom stereocenters. The molecular formula is C6H13N7O3. The number of esters is 1. The first-order valence-corrected chi connectivity index (χ1v) is 4.26. The van der Waals surface area contributed by atoms with Crippen molar-refractivity contribution in [2.75, 3.05) is 26.1 Å². The molecule has 0 radical (unpaired) electrons. The van der Waals surface area contributed by atoms with Crippen LogP contribution in [-0.2, 0) is 4.74 Å². The molecule has 16 heavy (non-hydrogen) atoms. The zero-order chi connectivity index (χ0) is 12.0. The number of aromatic nitrogens is 2. The third-order valence-electron chi connectivity index (χ3n) is 1.47. The Labute approximate surface area is 91.0 Å². The number of carbonyl (C=O) groups is 1. The lowest BCUT2D eigenvalue weighted by Crippen LogP contribution is -2.50. The maximum Gasteiger partial charge on any atom is 0.364 e. The number of nitrogens with zero attached hydrogens (tertiary/aromatic N) is 3. The molecule has 5 N–H and O–H groups in total. The zero-order valence-electron chi connectivity index (χ0n) is 8.85. The SMILES string of the molecule is COC(=O)c1nonc1NCNNN(C)N. The fourth-order valence-electron chi connectivity index (χ4n) is 0.827. The van der Waals surface area contributed by atoms with Crippen LogP contribution in [0.15, 0.2) is 4.63 Å². The molecule has 0 aliphatic rings. The maximum atomic E-state index is 11.1. The van der Waals surface area contributed by atoms with Crippen molar-refractivity contribution in [3.8, 4) is 0 Å². The van der Waals surface area contributed by atoms with E-state index in [-0.39, 0.29) is 18.2 Å². The Balaban J connectivity index is 2.42.